The lowest BCUT2D eigenvalue weighted by Crippen LogP contribution is -2.47. The second-order valence-electron chi connectivity index (χ2n) is 8.41. The Morgan fingerprint density at radius 2 is 1.77 bits per heavy atom. The van der Waals surface area contributed by atoms with Gasteiger partial charge in [-0.1, -0.05) is 18.6 Å². The SMILES string of the molecule is CCNC(=NCCc1ccc(S(C)(=O)=O)cc1)NC1CCCC(C(=O)NC2CC2)C1.I. The van der Waals surface area contributed by atoms with Crippen LogP contribution in [0.1, 0.15) is 51.0 Å². The first-order valence-electron chi connectivity index (χ1n) is 11.0. The molecule has 0 aromatic heterocycles. The lowest BCUT2D eigenvalue weighted by molar-refractivity contribution is -0.126. The fourth-order valence-electron chi connectivity index (χ4n) is 3.82. The Bertz CT molecular complexity index is 854. The zero-order valence-electron chi connectivity index (χ0n) is 18.4. The smallest absolute Gasteiger partial charge is 0.223 e. The summed E-state index contributed by atoms with van der Waals surface area (Å²) < 4.78 is 23.1. The van der Waals surface area contributed by atoms with Crippen LogP contribution in [-0.4, -0.2) is 51.7 Å². The Kier molecular flexibility index (Phi) is 10.1. The molecule has 2 unspecified atom stereocenters. The minimum absolute atomic E-state index is 0. The summed E-state index contributed by atoms with van der Waals surface area (Å²) in [4.78, 5) is 17.4. The molecule has 3 rings (SSSR count). The standard InChI is InChI=1S/C22H34N4O3S.HI/c1-3-23-22(24-14-13-16-7-11-20(12-8-16)30(2,28)29)26-19-6-4-5-17(15-19)21(27)25-18-9-10-18;/h7-8,11-12,17-19H,3-6,9-10,13-15H2,1-2H3,(H,25,27)(H2,23,24,26);1H. The number of nitrogens with one attached hydrogen (secondary N) is 3. The maximum Gasteiger partial charge on any atom is 0.223 e. The molecule has 0 spiro atoms. The van der Waals surface area contributed by atoms with E-state index in [4.69, 9.17) is 0 Å². The van der Waals surface area contributed by atoms with Crippen molar-refractivity contribution in [3.63, 3.8) is 0 Å². The number of aliphatic imine (C=N–C) groups is 1. The monoisotopic (exact) mass is 562 g/mol. The van der Waals surface area contributed by atoms with Crippen molar-refractivity contribution >= 4 is 45.7 Å². The van der Waals surface area contributed by atoms with E-state index >= 15 is 0 Å². The maximum atomic E-state index is 12.4. The van der Waals surface area contributed by atoms with E-state index in [9.17, 15) is 13.2 Å². The number of carbonyl (C=O) groups is 1. The minimum Gasteiger partial charge on any atom is -0.357 e. The Hall–Kier alpha value is -1.36. The molecule has 0 radical (unpaired) electrons. The van der Waals surface area contributed by atoms with Gasteiger partial charge in [-0.3, -0.25) is 9.79 Å². The minimum atomic E-state index is -3.17. The van der Waals surface area contributed by atoms with Crippen LogP contribution in [0.3, 0.4) is 0 Å². The topological polar surface area (TPSA) is 99.7 Å². The summed E-state index contributed by atoms with van der Waals surface area (Å²) in [6.45, 7) is 3.41. The van der Waals surface area contributed by atoms with Crippen LogP contribution in [0, 0.1) is 5.92 Å². The Balaban J connectivity index is 0.00000341. The van der Waals surface area contributed by atoms with Crippen LogP contribution in [0.4, 0.5) is 0 Å². The van der Waals surface area contributed by atoms with Crippen molar-refractivity contribution in [1.82, 2.24) is 16.0 Å². The van der Waals surface area contributed by atoms with Gasteiger partial charge in [0, 0.05) is 37.3 Å². The number of sulfone groups is 1. The molecule has 1 amide bonds. The lowest BCUT2D eigenvalue weighted by Gasteiger charge is -2.30. The van der Waals surface area contributed by atoms with E-state index in [1.807, 2.05) is 19.1 Å². The normalized spacial score (nSPS) is 21.7. The largest absolute Gasteiger partial charge is 0.357 e. The molecule has 9 heteroatoms. The third-order valence-corrected chi connectivity index (χ3v) is 6.80. The molecule has 0 heterocycles. The van der Waals surface area contributed by atoms with Crippen molar-refractivity contribution in [3.8, 4) is 0 Å². The number of carbonyl (C=O) groups excluding carboxylic acids is 1. The second-order valence-corrected chi connectivity index (χ2v) is 10.4. The molecule has 0 bridgehead atoms. The van der Waals surface area contributed by atoms with E-state index in [0.29, 0.717) is 17.5 Å². The van der Waals surface area contributed by atoms with E-state index in [1.54, 1.807) is 12.1 Å². The predicted octanol–water partition coefficient (Wildman–Crippen LogP) is 2.64. The van der Waals surface area contributed by atoms with E-state index in [0.717, 1.165) is 63.0 Å². The van der Waals surface area contributed by atoms with Crippen LogP contribution < -0.4 is 16.0 Å². The highest BCUT2D eigenvalue weighted by Crippen LogP contribution is 2.26. The maximum absolute atomic E-state index is 12.4. The summed E-state index contributed by atoms with van der Waals surface area (Å²) in [6.07, 6.45) is 8.09. The number of rotatable bonds is 8. The Morgan fingerprint density at radius 3 is 2.39 bits per heavy atom. The first-order chi connectivity index (χ1) is 14.3. The van der Waals surface area contributed by atoms with Crippen molar-refractivity contribution in [1.29, 1.82) is 0 Å². The summed E-state index contributed by atoms with van der Waals surface area (Å²) >= 11 is 0. The highest BCUT2D eigenvalue weighted by molar-refractivity contribution is 14.0. The number of guanidine groups is 1. The van der Waals surface area contributed by atoms with E-state index in [2.05, 4.69) is 20.9 Å². The van der Waals surface area contributed by atoms with Gasteiger partial charge in [-0.15, -0.1) is 24.0 Å². The summed E-state index contributed by atoms with van der Waals surface area (Å²) in [6, 6.07) is 7.64. The number of nitrogens with zero attached hydrogens (tertiary/aromatic N) is 1. The molecule has 174 valence electrons. The molecule has 2 saturated carbocycles. The lowest BCUT2D eigenvalue weighted by atomic mass is 9.85. The van der Waals surface area contributed by atoms with Crippen LogP contribution in [0.5, 0.6) is 0 Å². The van der Waals surface area contributed by atoms with Gasteiger partial charge in [-0.25, -0.2) is 8.42 Å². The van der Waals surface area contributed by atoms with Crippen molar-refractivity contribution < 1.29 is 13.2 Å². The van der Waals surface area contributed by atoms with E-state index in [1.165, 1.54) is 6.26 Å². The first kappa shape index (κ1) is 25.9. The molecule has 0 saturated heterocycles. The molecule has 0 aliphatic heterocycles. The van der Waals surface area contributed by atoms with Crippen molar-refractivity contribution in [2.45, 2.75) is 68.8 Å². The van der Waals surface area contributed by atoms with Gasteiger partial charge in [0.25, 0.3) is 0 Å². The number of hydrogen-bond donors (Lipinski definition) is 3. The van der Waals surface area contributed by atoms with Gasteiger partial charge >= 0.3 is 0 Å². The van der Waals surface area contributed by atoms with Gasteiger partial charge in [0.2, 0.25) is 5.91 Å². The fourth-order valence-corrected chi connectivity index (χ4v) is 4.45. The molecule has 2 atom stereocenters. The van der Waals surface area contributed by atoms with Crippen molar-refractivity contribution in [2.75, 3.05) is 19.3 Å². The van der Waals surface area contributed by atoms with Crippen molar-refractivity contribution in [3.05, 3.63) is 29.8 Å². The number of amides is 1. The predicted molar refractivity (Wildman–Crippen MR) is 135 cm³/mol. The van der Waals surface area contributed by atoms with E-state index in [-0.39, 0.29) is 41.8 Å². The highest BCUT2D eigenvalue weighted by Gasteiger charge is 2.31. The third kappa shape index (κ3) is 8.59. The number of hydrogen-bond acceptors (Lipinski definition) is 4. The van der Waals surface area contributed by atoms with Gasteiger partial charge in [-0.05, 0) is 63.1 Å². The van der Waals surface area contributed by atoms with Crippen molar-refractivity contribution in [2.24, 2.45) is 10.9 Å². The summed E-state index contributed by atoms with van der Waals surface area (Å²) in [7, 11) is -3.17. The number of halogens is 1. The average molecular weight is 563 g/mol. The highest BCUT2D eigenvalue weighted by atomic mass is 127. The molecular weight excluding hydrogens is 527 g/mol. The van der Waals surface area contributed by atoms with Crippen LogP contribution in [-0.2, 0) is 21.1 Å². The molecule has 31 heavy (non-hydrogen) atoms. The molecule has 1 aromatic carbocycles. The van der Waals surface area contributed by atoms with E-state index < -0.39 is 9.84 Å². The molecule has 2 aliphatic rings. The molecule has 1 aromatic rings. The van der Waals surface area contributed by atoms with Crippen LogP contribution in [0.15, 0.2) is 34.2 Å². The summed E-state index contributed by atoms with van der Waals surface area (Å²) in [5, 5.41) is 9.93. The molecule has 2 fully saturated rings. The Labute approximate surface area is 203 Å². The average Bonchev–Trinajstić information content (AvgIpc) is 3.52. The summed E-state index contributed by atoms with van der Waals surface area (Å²) in [5.41, 5.74) is 1.05. The quantitative estimate of drug-likeness (QED) is 0.257. The fraction of sp³-hybridized carbons (Fsp3) is 0.636. The first-order valence-corrected chi connectivity index (χ1v) is 12.9. The zero-order valence-corrected chi connectivity index (χ0v) is 21.5. The van der Waals surface area contributed by atoms with Gasteiger partial charge in [0.15, 0.2) is 15.8 Å². The van der Waals surface area contributed by atoms with Gasteiger partial charge < -0.3 is 16.0 Å². The molecule has 7 nitrogen and oxygen atoms in total. The molecular formula is C22H35IN4O3S. The molecule has 3 N–H and O–H groups in total. The zero-order chi connectivity index (χ0) is 21.6. The van der Waals surface area contributed by atoms with Gasteiger partial charge in [-0.2, -0.15) is 0 Å². The summed E-state index contributed by atoms with van der Waals surface area (Å²) in [5.74, 6) is 1.08. The third-order valence-electron chi connectivity index (χ3n) is 5.68. The van der Waals surface area contributed by atoms with Gasteiger partial charge in [0.05, 0.1) is 4.90 Å². The Morgan fingerprint density at radius 1 is 1.06 bits per heavy atom. The van der Waals surface area contributed by atoms with Crippen LogP contribution >= 0.6 is 24.0 Å². The van der Waals surface area contributed by atoms with Crippen LogP contribution in [0.25, 0.3) is 0 Å². The van der Waals surface area contributed by atoms with Gasteiger partial charge in [0.1, 0.15) is 0 Å². The van der Waals surface area contributed by atoms with Crippen LogP contribution in [0.2, 0.25) is 0 Å². The number of benzene rings is 1. The second kappa shape index (κ2) is 12.0. The molecule has 2 aliphatic carbocycles.